The van der Waals surface area contributed by atoms with Crippen molar-refractivity contribution in [2.75, 3.05) is 11.9 Å². The predicted octanol–water partition coefficient (Wildman–Crippen LogP) is 4.81. The largest absolute Gasteiger partial charge is 0.506 e. The van der Waals surface area contributed by atoms with Crippen molar-refractivity contribution in [3.8, 4) is 5.75 Å². The zero-order chi connectivity index (χ0) is 15.4. The molecule has 0 saturated heterocycles. The molecule has 2 aromatic carbocycles. The molecule has 3 heteroatoms. The molecule has 0 aliphatic carbocycles. The highest BCUT2D eigenvalue weighted by Crippen LogP contribution is 2.44. The van der Waals surface area contributed by atoms with Crippen LogP contribution in [0.5, 0.6) is 5.75 Å². The minimum atomic E-state index is 0.0279. The average molecular weight is 297 g/mol. The van der Waals surface area contributed by atoms with Crippen LogP contribution in [-0.2, 0) is 4.74 Å². The Morgan fingerprint density at radius 3 is 2.73 bits per heavy atom. The number of para-hydroxylation sites is 1. The van der Waals surface area contributed by atoms with Gasteiger partial charge < -0.3 is 15.2 Å². The summed E-state index contributed by atoms with van der Waals surface area (Å²) in [4.78, 5) is 0. The second kappa shape index (κ2) is 6.84. The van der Waals surface area contributed by atoms with Crippen LogP contribution in [-0.4, -0.2) is 11.7 Å². The Kier molecular flexibility index (Phi) is 4.64. The summed E-state index contributed by atoms with van der Waals surface area (Å²) in [5.74, 6) is 0.294. The molecule has 0 fully saturated rings. The molecule has 2 N–H and O–H groups in total. The van der Waals surface area contributed by atoms with Crippen LogP contribution < -0.4 is 5.32 Å². The van der Waals surface area contributed by atoms with Crippen LogP contribution in [0.2, 0.25) is 0 Å². The van der Waals surface area contributed by atoms with E-state index in [-0.39, 0.29) is 12.1 Å². The molecule has 0 spiro atoms. The molecule has 0 saturated carbocycles. The first kappa shape index (κ1) is 14.9. The molecule has 1 aliphatic rings. The number of rotatable bonds is 5. The molecular formula is C19H23NO2. The summed E-state index contributed by atoms with van der Waals surface area (Å²) in [5.41, 5.74) is 3.09. The topological polar surface area (TPSA) is 41.5 Å². The van der Waals surface area contributed by atoms with Crippen molar-refractivity contribution < 1.29 is 9.84 Å². The fourth-order valence-corrected chi connectivity index (χ4v) is 2.99. The molecule has 0 radical (unpaired) electrons. The van der Waals surface area contributed by atoms with Gasteiger partial charge in [-0.3, -0.25) is 0 Å². The lowest BCUT2D eigenvalue weighted by Crippen LogP contribution is -2.23. The smallest absolute Gasteiger partial charge is 0.139 e. The molecular weight excluding hydrogens is 274 g/mol. The molecule has 3 rings (SSSR count). The maximum absolute atomic E-state index is 10.2. The van der Waals surface area contributed by atoms with E-state index >= 15 is 0 Å². The first-order chi connectivity index (χ1) is 10.8. The number of phenolic OH excluding ortho intramolecular Hbond substituents is 1. The van der Waals surface area contributed by atoms with Crippen LogP contribution in [0, 0.1) is 0 Å². The fourth-order valence-electron chi connectivity index (χ4n) is 2.99. The van der Waals surface area contributed by atoms with Crippen molar-refractivity contribution in [3.63, 3.8) is 0 Å². The Morgan fingerprint density at radius 1 is 1.14 bits per heavy atom. The minimum absolute atomic E-state index is 0.0279. The summed E-state index contributed by atoms with van der Waals surface area (Å²) in [6.07, 6.45) is 3.10. The van der Waals surface area contributed by atoms with Gasteiger partial charge in [0.1, 0.15) is 5.75 Å². The summed E-state index contributed by atoms with van der Waals surface area (Å²) >= 11 is 0. The van der Waals surface area contributed by atoms with Crippen molar-refractivity contribution >= 4 is 5.69 Å². The van der Waals surface area contributed by atoms with E-state index in [1.54, 1.807) is 6.07 Å². The van der Waals surface area contributed by atoms with Crippen molar-refractivity contribution in [3.05, 3.63) is 59.7 Å². The normalized spacial score (nSPS) is 20.2. The van der Waals surface area contributed by atoms with E-state index in [2.05, 4.69) is 24.4 Å². The number of hydrogen-bond donors (Lipinski definition) is 2. The van der Waals surface area contributed by atoms with Crippen LogP contribution in [0.15, 0.2) is 48.5 Å². The zero-order valence-corrected chi connectivity index (χ0v) is 13.0. The number of fused-ring (bicyclic) bond motifs is 1. The highest BCUT2D eigenvalue weighted by atomic mass is 16.5. The highest BCUT2D eigenvalue weighted by Gasteiger charge is 2.29. The van der Waals surface area contributed by atoms with Gasteiger partial charge in [-0.1, -0.05) is 55.8 Å². The Balaban J connectivity index is 1.88. The van der Waals surface area contributed by atoms with E-state index in [1.165, 1.54) is 5.56 Å². The third-order valence-corrected chi connectivity index (χ3v) is 4.21. The molecule has 0 aromatic heterocycles. The summed E-state index contributed by atoms with van der Waals surface area (Å²) < 4.78 is 6.11. The number of ether oxygens (including phenoxy) is 1. The molecule has 0 amide bonds. The van der Waals surface area contributed by atoms with Gasteiger partial charge in [-0.2, -0.15) is 0 Å². The molecule has 22 heavy (non-hydrogen) atoms. The molecule has 2 atom stereocenters. The van der Waals surface area contributed by atoms with Gasteiger partial charge in [0.05, 0.1) is 17.8 Å². The van der Waals surface area contributed by atoms with Gasteiger partial charge in [0, 0.05) is 18.6 Å². The highest BCUT2D eigenvalue weighted by molar-refractivity contribution is 5.64. The molecule has 2 aromatic rings. The van der Waals surface area contributed by atoms with Crippen molar-refractivity contribution in [2.24, 2.45) is 0 Å². The van der Waals surface area contributed by atoms with Crippen LogP contribution in [0.1, 0.15) is 49.5 Å². The predicted molar refractivity (Wildman–Crippen MR) is 89.1 cm³/mol. The number of nitrogens with one attached hydrogen (secondary N) is 1. The number of benzene rings is 2. The summed E-state index contributed by atoms with van der Waals surface area (Å²) in [5, 5.41) is 13.7. The van der Waals surface area contributed by atoms with Gasteiger partial charge in [0.2, 0.25) is 0 Å². The van der Waals surface area contributed by atoms with Gasteiger partial charge in [-0.05, 0) is 18.1 Å². The van der Waals surface area contributed by atoms with Gasteiger partial charge in [-0.25, -0.2) is 0 Å². The standard InChI is InChI=1S/C19H23NO2/c1-2-3-12-22-18-13-16(14-8-5-4-6-9-14)20-19-15(18)10-7-11-17(19)21/h4-11,16,18,20-21H,2-3,12-13H2,1H3/t16-,18-/m1/s1. The molecule has 1 heterocycles. The maximum Gasteiger partial charge on any atom is 0.139 e. The molecule has 0 bridgehead atoms. The van der Waals surface area contributed by atoms with Crippen molar-refractivity contribution in [1.29, 1.82) is 0 Å². The van der Waals surface area contributed by atoms with Crippen LogP contribution in [0.4, 0.5) is 5.69 Å². The average Bonchev–Trinajstić information content (AvgIpc) is 2.56. The second-order valence-corrected chi connectivity index (χ2v) is 5.80. The van der Waals surface area contributed by atoms with Gasteiger partial charge in [-0.15, -0.1) is 0 Å². The third kappa shape index (κ3) is 3.09. The Labute approximate surface area is 131 Å². The first-order valence-corrected chi connectivity index (χ1v) is 8.04. The minimum Gasteiger partial charge on any atom is -0.506 e. The van der Waals surface area contributed by atoms with Gasteiger partial charge in [0.25, 0.3) is 0 Å². The van der Waals surface area contributed by atoms with E-state index < -0.39 is 0 Å². The quantitative estimate of drug-likeness (QED) is 0.615. The first-order valence-electron chi connectivity index (χ1n) is 8.04. The van der Waals surface area contributed by atoms with Crippen LogP contribution in [0.25, 0.3) is 0 Å². The fraction of sp³-hybridized carbons (Fsp3) is 0.368. The van der Waals surface area contributed by atoms with Gasteiger partial charge in [0.15, 0.2) is 0 Å². The van der Waals surface area contributed by atoms with Crippen molar-refractivity contribution in [1.82, 2.24) is 0 Å². The molecule has 116 valence electrons. The van der Waals surface area contributed by atoms with Crippen LogP contribution in [0.3, 0.4) is 0 Å². The Morgan fingerprint density at radius 2 is 1.95 bits per heavy atom. The van der Waals surface area contributed by atoms with E-state index in [0.717, 1.165) is 37.1 Å². The van der Waals surface area contributed by atoms with Gasteiger partial charge >= 0.3 is 0 Å². The molecule has 1 aliphatic heterocycles. The van der Waals surface area contributed by atoms with E-state index in [4.69, 9.17) is 4.74 Å². The molecule has 3 nitrogen and oxygen atoms in total. The number of anilines is 1. The third-order valence-electron chi connectivity index (χ3n) is 4.21. The summed E-state index contributed by atoms with van der Waals surface area (Å²) in [6, 6.07) is 16.2. The van der Waals surface area contributed by atoms with E-state index in [9.17, 15) is 5.11 Å². The lowest BCUT2D eigenvalue weighted by atomic mass is 9.90. The summed E-state index contributed by atoms with van der Waals surface area (Å²) in [6.45, 7) is 2.93. The Hall–Kier alpha value is -2.00. The molecule has 0 unspecified atom stereocenters. The van der Waals surface area contributed by atoms with Crippen LogP contribution >= 0.6 is 0 Å². The lowest BCUT2D eigenvalue weighted by molar-refractivity contribution is 0.0387. The number of aromatic hydroxyl groups is 1. The zero-order valence-electron chi connectivity index (χ0n) is 13.0. The van der Waals surface area contributed by atoms with Crippen molar-refractivity contribution in [2.45, 2.75) is 38.3 Å². The maximum atomic E-state index is 10.2. The Bertz CT molecular complexity index is 612. The van der Waals surface area contributed by atoms with E-state index in [1.807, 2.05) is 30.3 Å². The number of hydrogen-bond acceptors (Lipinski definition) is 3. The number of unbranched alkanes of at least 4 members (excludes halogenated alkanes) is 1. The number of phenols is 1. The second-order valence-electron chi connectivity index (χ2n) is 5.80. The SMILES string of the molecule is CCCCO[C@@H]1C[C@H](c2ccccc2)Nc2c(O)cccc21. The van der Waals surface area contributed by atoms with E-state index in [0.29, 0.717) is 5.75 Å². The lowest BCUT2D eigenvalue weighted by Gasteiger charge is -2.34. The monoisotopic (exact) mass is 297 g/mol. The summed E-state index contributed by atoms with van der Waals surface area (Å²) in [7, 11) is 0.